The predicted octanol–water partition coefficient (Wildman–Crippen LogP) is 6.99. The van der Waals surface area contributed by atoms with Crippen LogP contribution < -0.4 is 0 Å². The standard InChI is InChI=1S/C20H26F3N3OS.C6H4ClF/c1-4-10-28-14(2)19-25-12-15(16(24-3)6-5-7-18(21)22)17-11-20(23,8-9-27)13-26(17)19;7-5-2-1-3-6(8)4-5/h4-6,10,18,27H,2,7-9,11-13H2,1,3H3;1-4H/b6-5-,10-4-,24-16?;. The van der Waals surface area contributed by atoms with Gasteiger partial charge in [0, 0.05) is 54.1 Å². The molecule has 0 aromatic heterocycles. The van der Waals surface area contributed by atoms with Gasteiger partial charge in [-0.2, -0.15) is 0 Å². The van der Waals surface area contributed by atoms with Gasteiger partial charge in [-0.05, 0) is 36.6 Å². The van der Waals surface area contributed by atoms with Gasteiger partial charge in [-0.3, -0.25) is 9.98 Å². The van der Waals surface area contributed by atoms with Crippen molar-refractivity contribution in [3.8, 4) is 0 Å². The summed E-state index contributed by atoms with van der Waals surface area (Å²) < 4.78 is 52.3. The number of hydrogen-bond acceptors (Lipinski definition) is 5. The number of fused-ring (bicyclic) bond motifs is 1. The maximum absolute atomic E-state index is 15.3. The van der Waals surface area contributed by atoms with E-state index in [2.05, 4.69) is 16.6 Å². The number of benzene rings is 1. The fourth-order valence-electron chi connectivity index (χ4n) is 3.72. The average molecular weight is 544 g/mol. The Balaban J connectivity index is 0.000000482. The van der Waals surface area contributed by atoms with E-state index < -0.39 is 12.1 Å². The molecule has 1 fully saturated rings. The number of halogens is 5. The van der Waals surface area contributed by atoms with Crippen LogP contribution in [0.1, 0.15) is 26.2 Å². The Bertz CT molecular complexity index is 1050. The molecule has 0 aliphatic carbocycles. The number of amidine groups is 1. The van der Waals surface area contributed by atoms with Crippen molar-refractivity contribution in [1.82, 2.24) is 4.90 Å². The van der Waals surface area contributed by atoms with Gasteiger partial charge < -0.3 is 10.0 Å². The van der Waals surface area contributed by atoms with Crippen LogP contribution in [0.4, 0.5) is 17.6 Å². The van der Waals surface area contributed by atoms with Gasteiger partial charge >= 0.3 is 0 Å². The van der Waals surface area contributed by atoms with Gasteiger partial charge in [0.05, 0.1) is 18.8 Å². The maximum atomic E-state index is 15.3. The Morgan fingerprint density at radius 1 is 1.42 bits per heavy atom. The van der Waals surface area contributed by atoms with Crippen LogP contribution in [-0.4, -0.2) is 60.4 Å². The van der Waals surface area contributed by atoms with Crippen LogP contribution in [0.5, 0.6) is 0 Å². The molecule has 2 heterocycles. The van der Waals surface area contributed by atoms with E-state index in [0.29, 0.717) is 21.5 Å². The third kappa shape index (κ3) is 8.64. The molecule has 1 saturated heterocycles. The third-order valence-electron chi connectivity index (χ3n) is 5.32. The van der Waals surface area contributed by atoms with Crippen molar-refractivity contribution in [1.29, 1.82) is 0 Å². The first-order chi connectivity index (χ1) is 17.1. The van der Waals surface area contributed by atoms with Crippen LogP contribution in [0.15, 0.2) is 80.6 Å². The quantitative estimate of drug-likeness (QED) is 0.270. The molecule has 36 heavy (non-hydrogen) atoms. The Kier molecular flexibility index (Phi) is 11.9. The highest BCUT2D eigenvalue weighted by molar-refractivity contribution is 8.06. The van der Waals surface area contributed by atoms with Crippen molar-refractivity contribution >= 4 is 34.9 Å². The van der Waals surface area contributed by atoms with Gasteiger partial charge in [0.25, 0.3) is 0 Å². The summed E-state index contributed by atoms with van der Waals surface area (Å²) in [5.41, 5.74) is 0.379. The monoisotopic (exact) mass is 543 g/mol. The third-order valence-corrected chi connectivity index (χ3v) is 6.44. The maximum Gasteiger partial charge on any atom is 0.242 e. The fraction of sp³-hybridized carbons (Fsp3) is 0.385. The Labute approximate surface area is 218 Å². The zero-order chi connectivity index (χ0) is 26.7. The number of rotatable bonds is 9. The largest absolute Gasteiger partial charge is 0.396 e. The van der Waals surface area contributed by atoms with Crippen molar-refractivity contribution in [2.45, 2.75) is 38.3 Å². The average Bonchev–Trinajstić information content (AvgIpc) is 3.17. The molecule has 3 rings (SSSR count). The van der Waals surface area contributed by atoms with Crippen LogP contribution in [0.3, 0.4) is 0 Å². The van der Waals surface area contributed by atoms with Crippen LogP contribution in [0, 0.1) is 5.82 Å². The highest BCUT2D eigenvalue weighted by Crippen LogP contribution is 2.41. The molecule has 10 heteroatoms. The Morgan fingerprint density at radius 3 is 2.72 bits per heavy atom. The lowest BCUT2D eigenvalue weighted by Crippen LogP contribution is -2.36. The van der Waals surface area contributed by atoms with E-state index in [9.17, 15) is 18.3 Å². The number of nitrogens with zero attached hydrogens (tertiary/aromatic N) is 3. The minimum Gasteiger partial charge on any atom is -0.396 e. The van der Waals surface area contributed by atoms with Crippen molar-refractivity contribution in [2.75, 3.05) is 26.7 Å². The first-order valence-corrected chi connectivity index (χ1v) is 12.5. The summed E-state index contributed by atoms with van der Waals surface area (Å²) in [6.45, 7) is 6.03. The Morgan fingerprint density at radius 2 is 2.17 bits per heavy atom. The van der Waals surface area contributed by atoms with Gasteiger partial charge in [-0.1, -0.05) is 48.2 Å². The predicted molar refractivity (Wildman–Crippen MR) is 142 cm³/mol. The summed E-state index contributed by atoms with van der Waals surface area (Å²) in [5, 5.41) is 11.6. The minimum atomic E-state index is -2.43. The summed E-state index contributed by atoms with van der Waals surface area (Å²) >= 11 is 6.81. The smallest absolute Gasteiger partial charge is 0.242 e. The first-order valence-electron chi connectivity index (χ1n) is 11.3. The molecule has 196 valence electrons. The van der Waals surface area contributed by atoms with Gasteiger partial charge in [0.15, 0.2) is 0 Å². The number of hydrogen-bond donors (Lipinski definition) is 1. The number of aliphatic hydroxyl groups excluding tert-OH is 1. The molecule has 0 spiro atoms. The summed E-state index contributed by atoms with van der Waals surface area (Å²) in [4.78, 5) is 11.3. The molecule has 1 aromatic rings. The molecule has 0 radical (unpaired) electrons. The van der Waals surface area contributed by atoms with Crippen LogP contribution in [-0.2, 0) is 0 Å². The lowest BCUT2D eigenvalue weighted by Gasteiger charge is -2.29. The SMILES string of the molecule is C=C(S/C=C\C)C1=NCC(C(/C=C\CC(F)F)=NC)=C2CC(F)(CCO)CN12.Fc1cccc(Cl)c1. The second kappa shape index (κ2) is 14.4. The van der Waals surface area contributed by atoms with E-state index >= 15 is 4.39 Å². The molecule has 4 nitrogen and oxygen atoms in total. The normalized spacial score (nSPS) is 20.2. The summed E-state index contributed by atoms with van der Waals surface area (Å²) in [6, 6.07) is 5.82. The van der Waals surface area contributed by atoms with Crippen LogP contribution >= 0.6 is 23.4 Å². The Hall–Kier alpha value is -2.36. The zero-order valence-corrected chi connectivity index (χ0v) is 21.8. The number of alkyl halides is 3. The van der Waals surface area contributed by atoms with Crippen LogP contribution in [0.2, 0.25) is 5.02 Å². The van der Waals surface area contributed by atoms with Crippen LogP contribution in [0.25, 0.3) is 0 Å². The first kappa shape index (κ1) is 29.9. The molecular formula is C26H30ClF4N3OS. The lowest BCUT2D eigenvalue weighted by atomic mass is 9.97. The molecule has 0 bridgehead atoms. The van der Waals surface area contributed by atoms with E-state index in [0.717, 1.165) is 11.3 Å². The van der Waals surface area contributed by atoms with E-state index in [4.69, 9.17) is 11.6 Å². The zero-order valence-electron chi connectivity index (χ0n) is 20.2. The molecule has 0 amide bonds. The van der Waals surface area contributed by atoms with E-state index in [1.54, 1.807) is 30.2 Å². The van der Waals surface area contributed by atoms with Crippen molar-refractivity contribution in [3.63, 3.8) is 0 Å². The molecule has 1 atom stereocenters. The highest BCUT2D eigenvalue weighted by atomic mass is 35.5. The van der Waals surface area contributed by atoms with Gasteiger partial charge in [-0.15, -0.1) is 0 Å². The second-order valence-electron chi connectivity index (χ2n) is 8.04. The molecule has 1 aromatic carbocycles. The fourth-order valence-corrected chi connectivity index (χ4v) is 4.48. The number of thioether (sulfide) groups is 1. The molecule has 1 N–H and O–H groups in total. The molecule has 0 saturated carbocycles. The summed E-state index contributed by atoms with van der Waals surface area (Å²) in [6.07, 6.45) is 2.13. The molecular weight excluding hydrogens is 514 g/mol. The van der Waals surface area contributed by atoms with E-state index in [1.165, 1.54) is 30.0 Å². The van der Waals surface area contributed by atoms with Crippen molar-refractivity contribution in [2.24, 2.45) is 9.98 Å². The van der Waals surface area contributed by atoms with Gasteiger partial charge in [0.2, 0.25) is 6.43 Å². The molecule has 2 aliphatic heterocycles. The van der Waals surface area contributed by atoms with Gasteiger partial charge in [-0.25, -0.2) is 17.6 Å². The lowest BCUT2D eigenvalue weighted by molar-refractivity contribution is 0.128. The van der Waals surface area contributed by atoms with E-state index in [-0.39, 0.29) is 44.8 Å². The highest BCUT2D eigenvalue weighted by Gasteiger charge is 2.45. The second-order valence-corrected chi connectivity index (χ2v) is 9.48. The van der Waals surface area contributed by atoms with Crippen molar-refractivity contribution < 1.29 is 22.7 Å². The summed E-state index contributed by atoms with van der Waals surface area (Å²) in [5.74, 6) is 0.309. The van der Waals surface area contributed by atoms with Gasteiger partial charge in [0.1, 0.15) is 17.3 Å². The number of allylic oxidation sites excluding steroid dienone is 4. The summed E-state index contributed by atoms with van der Waals surface area (Å²) in [7, 11) is 1.57. The number of aliphatic hydroxyl groups is 1. The van der Waals surface area contributed by atoms with E-state index in [1.807, 2.05) is 18.4 Å². The number of aliphatic imine (C=N–C) groups is 2. The van der Waals surface area contributed by atoms with Crippen molar-refractivity contribution in [3.05, 3.63) is 81.5 Å². The molecule has 2 aliphatic rings. The topological polar surface area (TPSA) is 48.2 Å². The minimum absolute atomic E-state index is 0.0157. The molecule has 1 unspecified atom stereocenters.